The monoisotopic (exact) mass is 293 g/mol. The van der Waals surface area contributed by atoms with Gasteiger partial charge < -0.3 is 4.98 Å². The Balaban J connectivity index is 2.16. The van der Waals surface area contributed by atoms with Crippen LogP contribution in [0.5, 0.6) is 0 Å². The summed E-state index contributed by atoms with van der Waals surface area (Å²) < 4.78 is 0.578. The van der Waals surface area contributed by atoms with Gasteiger partial charge in [-0.25, -0.2) is 4.98 Å². The molecule has 0 fully saturated rings. The highest BCUT2D eigenvalue weighted by Gasteiger charge is 2.06. The van der Waals surface area contributed by atoms with Crippen LogP contribution in [0.25, 0.3) is 22.6 Å². The van der Waals surface area contributed by atoms with Gasteiger partial charge in [0.15, 0.2) is 0 Å². The highest BCUT2D eigenvalue weighted by Crippen LogP contribution is 2.22. The summed E-state index contributed by atoms with van der Waals surface area (Å²) in [5, 5.41) is 0. The first-order valence-electron chi connectivity index (χ1n) is 6.74. The van der Waals surface area contributed by atoms with Crippen molar-refractivity contribution in [2.75, 3.05) is 0 Å². The SMILES string of the molecule is Cc1cc(-c2nc(=S)cc(-c3ccccc3)[nH]2)cc(C)n1. The number of nitrogens with one attached hydrogen (secondary N) is 1. The number of benzene rings is 1. The number of pyridine rings is 1. The van der Waals surface area contributed by atoms with Gasteiger partial charge in [0, 0.05) is 22.6 Å². The van der Waals surface area contributed by atoms with Crippen LogP contribution in [0, 0.1) is 18.5 Å². The van der Waals surface area contributed by atoms with E-state index in [9.17, 15) is 0 Å². The first-order valence-corrected chi connectivity index (χ1v) is 7.15. The Morgan fingerprint density at radius 1 is 0.857 bits per heavy atom. The van der Waals surface area contributed by atoms with E-state index in [-0.39, 0.29) is 0 Å². The van der Waals surface area contributed by atoms with Crippen LogP contribution in [0.2, 0.25) is 0 Å². The van der Waals surface area contributed by atoms with Crippen molar-refractivity contribution in [1.29, 1.82) is 0 Å². The third kappa shape index (κ3) is 3.06. The highest BCUT2D eigenvalue weighted by atomic mass is 32.1. The summed E-state index contributed by atoms with van der Waals surface area (Å²) in [7, 11) is 0. The third-order valence-electron chi connectivity index (χ3n) is 3.18. The second-order valence-electron chi connectivity index (χ2n) is 4.99. The zero-order chi connectivity index (χ0) is 14.8. The van der Waals surface area contributed by atoms with Gasteiger partial charge >= 0.3 is 0 Å². The molecule has 0 unspecified atom stereocenters. The molecule has 0 spiro atoms. The number of hydrogen-bond donors (Lipinski definition) is 1. The normalized spacial score (nSPS) is 10.6. The summed E-state index contributed by atoms with van der Waals surface area (Å²) in [6.07, 6.45) is 0. The van der Waals surface area contributed by atoms with Crippen LogP contribution in [0.3, 0.4) is 0 Å². The molecular weight excluding hydrogens is 278 g/mol. The number of aryl methyl sites for hydroxylation is 2. The number of nitrogens with zero attached hydrogens (tertiary/aromatic N) is 2. The van der Waals surface area contributed by atoms with Gasteiger partial charge in [-0.2, -0.15) is 0 Å². The molecule has 0 aliphatic carbocycles. The van der Waals surface area contributed by atoms with E-state index in [2.05, 4.69) is 15.0 Å². The number of aromatic amines is 1. The minimum absolute atomic E-state index is 0.578. The van der Waals surface area contributed by atoms with Crippen molar-refractivity contribution >= 4 is 12.2 Å². The van der Waals surface area contributed by atoms with E-state index >= 15 is 0 Å². The maximum absolute atomic E-state index is 5.31. The second kappa shape index (κ2) is 5.58. The van der Waals surface area contributed by atoms with E-state index in [1.165, 1.54) is 0 Å². The minimum Gasteiger partial charge on any atom is -0.339 e. The fourth-order valence-corrected chi connectivity index (χ4v) is 2.55. The zero-order valence-electron chi connectivity index (χ0n) is 11.9. The van der Waals surface area contributed by atoms with Gasteiger partial charge in [-0.15, -0.1) is 0 Å². The van der Waals surface area contributed by atoms with Gasteiger partial charge in [0.1, 0.15) is 10.5 Å². The van der Waals surface area contributed by atoms with Crippen molar-refractivity contribution in [1.82, 2.24) is 15.0 Å². The fraction of sp³-hybridized carbons (Fsp3) is 0.118. The van der Waals surface area contributed by atoms with Crippen LogP contribution in [0.15, 0.2) is 48.5 Å². The number of hydrogen-bond acceptors (Lipinski definition) is 3. The molecule has 0 radical (unpaired) electrons. The first-order chi connectivity index (χ1) is 10.1. The lowest BCUT2D eigenvalue weighted by Crippen LogP contribution is -1.95. The molecule has 4 heteroatoms. The van der Waals surface area contributed by atoms with Crippen molar-refractivity contribution in [3.63, 3.8) is 0 Å². The Morgan fingerprint density at radius 2 is 1.52 bits per heavy atom. The molecule has 3 rings (SSSR count). The molecule has 2 heterocycles. The Kier molecular flexibility index (Phi) is 3.62. The van der Waals surface area contributed by atoms with E-state index in [1.807, 2.05) is 62.4 Å². The molecule has 0 amide bonds. The third-order valence-corrected chi connectivity index (χ3v) is 3.39. The van der Waals surface area contributed by atoms with E-state index in [4.69, 9.17) is 12.2 Å². The summed E-state index contributed by atoms with van der Waals surface area (Å²) in [4.78, 5) is 12.2. The lowest BCUT2D eigenvalue weighted by atomic mass is 10.1. The maximum Gasteiger partial charge on any atom is 0.139 e. The smallest absolute Gasteiger partial charge is 0.139 e. The Hall–Kier alpha value is -2.33. The largest absolute Gasteiger partial charge is 0.339 e. The summed E-state index contributed by atoms with van der Waals surface area (Å²) in [6.45, 7) is 3.96. The van der Waals surface area contributed by atoms with Gasteiger partial charge in [-0.3, -0.25) is 4.98 Å². The Labute approximate surface area is 128 Å². The average Bonchev–Trinajstić information content (AvgIpc) is 2.46. The predicted molar refractivity (Wildman–Crippen MR) is 87.6 cm³/mol. The maximum atomic E-state index is 5.31. The molecule has 1 N–H and O–H groups in total. The van der Waals surface area contributed by atoms with Crippen LogP contribution < -0.4 is 0 Å². The Morgan fingerprint density at radius 3 is 2.19 bits per heavy atom. The summed E-state index contributed by atoms with van der Waals surface area (Å²) >= 11 is 5.31. The Bertz CT molecular complexity index is 818. The van der Waals surface area contributed by atoms with Crippen LogP contribution in [0.1, 0.15) is 11.4 Å². The number of aromatic nitrogens is 3. The molecule has 0 bridgehead atoms. The molecule has 0 saturated heterocycles. The van der Waals surface area contributed by atoms with Crippen LogP contribution in [0.4, 0.5) is 0 Å². The molecule has 21 heavy (non-hydrogen) atoms. The fourth-order valence-electron chi connectivity index (χ4n) is 2.34. The van der Waals surface area contributed by atoms with Gasteiger partial charge in [0.25, 0.3) is 0 Å². The van der Waals surface area contributed by atoms with E-state index in [0.29, 0.717) is 4.64 Å². The summed E-state index contributed by atoms with van der Waals surface area (Å²) in [6, 6.07) is 16.0. The molecule has 0 aliphatic heterocycles. The van der Waals surface area contributed by atoms with Crippen LogP contribution in [-0.2, 0) is 0 Å². The average molecular weight is 293 g/mol. The molecule has 104 valence electrons. The molecule has 0 aliphatic rings. The number of H-pyrrole nitrogens is 1. The quantitative estimate of drug-likeness (QED) is 0.708. The van der Waals surface area contributed by atoms with Crippen LogP contribution in [-0.4, -0.2) is 15.0 Å². The van der Waals surface area contributed by atoms with Gasteiger partial charge in [0.2, 0.25) is 0 Å². The summed E-state index contributed by atoms with van der Waals surface area (Å²) in [5.74, 6) is 0.773. The molecule has 1 aromatic carbocycles. The predicted octanol–water partition coefficient (Wildman–Crippen LogP) is 4.49. The summed E-state index contributed by atoms with van der Waals surface area (Å²) in [5.41, 5.74) is 5.00. The molecule has 3 aromatic rings. The van der Waals surface area contributed by atoms with Crippen molar-refractivity contribution in [3.05, 3.63) is 64.6 Å². The number of rotatable bonds is 2. The molecular formula is C17H15N3S. The zero-order valence-corrected chi connectivity index (χ0v) is 12.7. The standard InChI is InChI=1S/C17H15N3S/c1-11-8-14(9-12(2)18-11)17-19-15(10-16(21)20-17)13-6-4-3-5-7-13/h3-10H,1-2H3,(H,19,20,21). The van der Waals surface area contributed by atoms with Crippen molar-refractivity contribution in [3.8, 4) is 22.6 Å². The van der Waals surface area contributed by atoms with Crippen LogP contribution >= 0.6 is 12.2 Å². The van der Waals surface area contributed by atoms with E-state index in [1.54, 1.807) is 0 Å². The van der Waals surface area contributed by atoms with E-state index in [0.717, 1.165) is 34.0 Å². The van der Waals surface area contributed by atoms with Crippen molar-refractivity contribution in [2.24, 2.45) is 0 Å². The molecule has 0 saturated carbocycles. The first kappa shape index (κ1) is 13.6. The van der Waals surface area contributed by atoms with Gasteiger partial charge in [0.05, 0.1) is 0 Å². The van der Waals surface area contributed by atoms with Gasteiger partial charge in [-0.05, 0) is 37.6 Å². The topological polar surface area (TPSA) is 41.6 Å². The highest BCUT2D eigenvalue weighted by molar-refractivity contribution is 7.71. The lowest BCUT2D eigenvalue weighted by Gasteiger charge is -2.08. The lowest BCUT2D eigenvalue weighted by molar-refractivity contribution is 1.10. The second-order valence-corrected chi connectivity index (χ2v) is 5.40. The van der Waals surface area contributed by atoms with Gasteiger partial charge in [-0.1, -0.05) is 42.5 Å². The van der Waals surface area contributed by atoms with Crippen molar-refractivity contribution in [2.45, 2.75) is 13.8 Å². The molecule has 2 aromatic heterocycles. The van der Waals surface area contributed by atoms with Crippen molar-refractivity contribution < 1.29 is 0 Å². The molecule has 0 atom stereocenters. The van der Waals surface area contributed by atoms with E-state index < -0.39 is 0 Å². The minimum atomic E-state index is 0.578. The molecule has 3 nitrogen and oxygen atoms in total.